The Hall–Kier alpha value is -1.28. The van der Waals surface area contributed by atoms with Crippen molar-refractivity contribution < 1.29 is 0 Å². The van der Waals surface area contributed by atoms with E-state index in [1.165, 1.54) is 21.8 Å². The van der Waals surface area contributed by atoms with Gasteiger partial charge < -0.3 is 4.98 Å². The maximum Gasteiger partial charge on any atom is 0.0905 e. The molecule has 0 fully saturated rings. The van der Waals surface area contributed by atoms with Gasteiger partial charge in [-0.3, -0.25) is 4.99 Å². The molecule has 84 valence electrons. The van der Waals surface area contributed by atoms with Crippen LogP contribution < -0.4 is 10.7 Å². The fourth-order valence-corrected chi connectivity index (χ4v) is 2.38. The molecular weight excluding hydrogens is 220 g/mol. The average molecular weight is 235 g/mol. The molecule has 1 aromatic carbocycles. The summed E-state index contributed by atoms with van der Waals surface area (Å²) >= 11 is 0. The van der Waals surface area contributed by atoms with Gasteiger partial charge in [0.05, 0.1) is 16.7 Å². The summed E-state index contributed by atoms with van der Waals surface area (Å²) in [6.45, 7) is 4.37. The lowest BCUT2D eigenvalue weighted by Gasteiger charge is -2.09. The second kappa shape index (κ2) is 3.95. The number of benzene rings is 1. The van der Waals surface area contributed by atoms with Gasteiger partial charge in [0.1, 0.15) is 0 Å². The summed E-state index contributed by atoms with van der Waals surface area (Å²) in [7, 11) is 0. The number of para-hydroxylation sites is 1. The molecule has 2 heterocycles. The first kappa shape index (κ1) is 11.2. The van der Waals surface area contributed by atoms with Crippen LogP contribution in [0.25, 0.3) is 16.5 Å². The number of hydrogen-bond donors (Lipinski definition) is 1. The minimum Gasteiger partial charge on any atom is -0.353 e. The van der Waals surface area contributed by atoms with Crippen LogP contribution in [0, 0.1) is 0 Å². The minimum absolute atomic E-state index is 0. The van der Waals surface area contributed by atoms with Gasteiger partial charge in [-0.15, -0.1) is 12.4 Å². The van der Waals surface area contributed by atoms with Gasteiger partial charge in [-0.1, -0.05) is 18.2 Å². The molecule has 0 amide bonds. The Morgan fingerprint density at radius 2 is 2.06 bits per heavy atom. The molecule has 1 aromatic heterocycles. The van der Waals surface area contributed by atoms with Crippen LogP contribution in [0.4, 0.5) is 0 Å². The predicted molar refractivity (Wildman–Crippen MR) is 69.5 cm³/mol. The van der Waals surface area contributed by atoms with Crippen LogP contribution in [-0.4, -0.2) is 11.0 Å². The molecule has 16 heavy (non-hydrogen) atoms. The van der Waals surface area contributed by atoms with Crippen LogP contribution in [0.15, 0.2) is 29.3 Å². The standard InChI is InChI=1S/C13H14N2.ClH/c1-8-7-9(2)14-13-10-5-3-4-6-11(10)15-12(8)13;/h3-6,9,15H,7H2,1-2H3;1H. The third-order valence-electron chi connectivity index (χ3n) is 3.06. The molecule has 2 aromatic rings. The highest BCUT2D eigenvalue weighted by Gasteiger charge is 2.11. The number of rotatable bonds is 0. The van der Waals surface area contributed by atoms with Gasteiger partial charge in [0.2, 0.25) is 0 Å². The van der Waals surface area contributed by atoms with E-state index in [9.17, 15) is 0 Å². The average Bonchev–Trinajstić information content (AvgIpc) is 2.57. The third kappa shape index (κ3) is 1.54. The summed E-state index contributed by atoms with van der Waals surface area (Å²) in [6.07, 6.45) is 1.07. The number of hydrogen-bond acceptors (Lipinski definition) is 1. The zero-order valence-electron chi connectivity index (χ0n) is 9.45. The molecule has 1 unspecified atom stereocenters. The predicted octanol–water partition coefficient (Wildman–Crippen LogP) is 2.17. The van der Waals surface area contributed by atoms with Crippen molar-refractivity contribution >= 4 is 28.9 Å². The van der Waals surface area contributed by atoms with Crippen LogP contribution >= 0.6 is 12.4 Å². The molecule has 0 saturated carbocycles. The molecule has 1 N–H and O–H groups in total. The van der Waals surface area contributed by atoms with Crippen LogP contribution in [0.1, 0.15) is 20.3 Å². The molecule has 3 rings (SSSR count). The summed E-state index contributed by atoms with van der Waals surface area (Å²) < 4.78 is 0. The highest BCUT2D eigenvalue weighted by molar-refractivity contribution is 5.85. The van der Waals surface area contributed by atoms with Gasteiger partial charge >= 0.3 is 0 Å². The Labute approximate surface area is 100 Å². The van der Waals surface area contributed by atoms with E-state index >= 15 is 0 Å². The van der Waals surface area contributed by atoms with Gasteiger partial charge in [-0.2, -0.15) is 0 Å². The number of nitrogens with zero attached hydrogens (tertiary/aromatic N) is 1. The van der Waals surface area contributed by atoms with Crippen molar-refractivity contribution in [2.45, 2.75) is 26.3 Å². The monoisotopic (exact) mass is 234 g/mol. The fraction of sp³-hybridized carbons (Fsp3) is 0.308. The van der Waals surface area contributed by atoms with Crippen LogP contribution in [-0.2, 0) is 0 Å². The van der Waals surface area contributed by atoms with E-state index < -0.39 is 0 Å². The number of halogens is 1. The summed E-state index contributed by atoms with van der Waals surface area (Å²) in [5.41, 5.74) is 2.61. The van der Waals surface area contributed by atoms with E-state index in [1.807, 2.05) is 0 Å². The largest absolute Gasteiger partial charge is 0.353 e. The first-order valence-electron chi connectivity index (χ1n) is 5.40. The zero-order valence-corrected chi connectivity index (χ0v) is 10.3. The van der Waals surface area contributed by atoms with Crippen LogP contribution in [0.5, 0.6) is 0 Å². The molecule has 0 radical (unpaired) electrons. The van der Waals surface area contributed by atoms with Crippen molar-refractivity contribution in [3.63, 3.8) is 0 Å². The van der Waals surface area contributed by atoms with Crippen molar-refractivity contribution in [1.29, 1.82) is 0 Å². The lowest BCUT2D eigenvalue weighted by molar-refractivity contribution is 0.724. The second-order valence-electron chi connectivity index (χ2n) is 4.36. The van der Waals surface area contributed by atoms with Crippen LogP contribution in [0.2, 0.25) is 0 Å². The zero-order chi connectivity index (χ0) is 10.4. The molecule has 3 heteroatoms. The summed E-state index contributed by atoms with van der Waals surface area (Å²) in [6, 6.07) is 8.79. The lowest BCUT2D eigenvalue weighted by Crippen LogP contribution is -2.31. The van der Waals surface area contributed by atoms with Gasteiger partial charge in [0.25, 0.3) is 0 Å². The highest BCUT2D eigenvalue weighted by atomic mass is 35.5. The maximum absolute atomic E-state index is 4.73. The number of aromatic nitrogens is 1. The molecule has 0 spiro atoms. The van der Waals surface area contributed by atoms with Gasteiger partial charge in [0, 0.05) is 10.9 Å². The number of aromatic amines is 1. The minimum atomic E-state index is 0. The Bertz CT molecular complexity index is 639. The van der Waals surface area contributed by atoms with E-state index in [2.05, 4.69) is 43.1 Å². The van der Waals surface area contributed by atoms with Crippen molar-refractivity contribution in [2.75, 3.05) is 0 Å². The van der Waals surface area contributed by atoms with Crippen molar-refractivity contribution in [3.8, 4) is 0 Å². The van der Waals surface area contributed by atoms with E-state index in [1.54, 1.807) is 0 Å². The SMILES string of the molecule is CC1=c2[nH]c3ccccc3c2=NC(C)C1.Cl. The summed E-state index contributed by atoms with van der Waals surface area (Å²) in [5, 5.41) is 3.63. The molecule has 1 aliphatic heterocycles. The fourth-order valence-electron chi connectivity index (χ4n) is 2.38. The number of nitrogens with one attached hydrogen (secondary N) is 1. The van der Waals surface area contributed by atoms with E-state index in [-0.39, 0.29) is 12.4 Å². The normalized spacial score (nSPS) is 18.9. The first-order valence-corrected chi connectivity index (χ1v) is 5.40. The lowest BCUT2D eigenvalue weighted by atomic mass is 10.1. The number of fused-ring (bicyclic) bond motifs is 3. The molecule has 0 saturated heterocycles. The van der Waals surface area contributed by atoms with Gasteiger partial charge in [-0.05, 0) is 31.9 Å². The molecular formula is C13H15ClN2. The van der Waals surface area contributed by atoms with Crippen molar-refractivity contribution in [3.05, 3.63) is 35.0 Å². The van der Waals surface area contributed by atoms with Crippen LogP contribution in [0.3, 0.4) is 0 Å². The molecule has 1 aliphatic rings. The Morgan fingerprint density at radius 1 is 1.31 bits per heavy atom. The maximum atomic E-state index is 4.73. The molecule has 0 bridgehead atoms. The second-order valence-corrected chi connectivity index (χ2v) is 4.36. The quantitative estimate of drug-likeness (QED) is 0.724. The van der Waals surface area contributed by atoms with Gasteiger partial charge in [-0.25, -0.2) is 0 Å². The molecule has 2 nitrogen and oxygen atoms in total. The molecule has 0 aliphatic carbocycles. The Morgan fingerprint density at radius 3 is 2.88 bits per heavy atom. The Balaban J connectivity index is 0.000000963. The van der Waals surface area contributed by atoms with Crippen molar-refractivity contribution in [2.24, 2.45) is 4.99 Å². The summed E-state index contributed by atoms with van der Waals surface area (Å²) in [4.78, 5) is 8.19. The first-order chi connectivity index (χ1) is 7.25. The Kier molecular flexibility index (Phi) is 2.76. The van der Waals surface area contributed by atoms with E-state index in [0.717, 1.165) is 11.8 Å². The smallest absolute Gasteiger partial charge is 0.0905 e. The van der Waals surface area contributed by atoms with Crippen molar-refractivity contribution in [1.82, 2.24) is 4.98 Å². The topological polar surface area (TPSA) is 28.1 Å². The highest BCUT2D eigenvalue weighted by Crippen LogP contribution is 2.12. The van der Waals surface area contributed by atoms with E-state index in [0.29, 0.717) is 6.04 Å². The summed E-state index contributed by atoms with van der Waals surface area (Å²) in [5.74, 6) is 0. The van der Waals surface area contributed by atoms with Gasteiger partial charge in [0.15, 0.2) is 0 Å². The van der Waals surface area contributed by atoms with E-state index in [4.69, 9.17) is 4.99 Å². The number of H-pyrrole nitrogens is 1. The third-order valence-corrected chi connectivity index (χ3v) is 3.06. The molecule has 1 atom stereocenters.